The Bertz CT molecular complexity index is 535. The van der Waals surface area contributed by atoms with Gasteiger partial charge in [-0.05, 0) is 57.2 Å². The van der Waals surface area contributed by atoms with Gasteiger partial charge in [0, 0.05) is 19.3 Å². The van der Waals surface area contributed by atoms with E-state index >= 15 is 0 Å². The van der Waals surface area contributed by atoms with Crippen molar-refractivity contribution in [3.05, 3.63) is 53.3 Å². The molecule has 0 radical (unpaired) electrons. The zero-order valence-corrected chi connectivity index (χ0v) is 13.2. The molecule has 1 aromatic rings. The Balaban J connectivity index is 2.86. The van der Waals surface area contributed by atoms with E-state index in [1.54, 1.807) is 7.05 Å². The number of rotatable bonds is 6. The summed E-state index contributed by atoms with van der Waals surface area (Å²) in [6.07, 6.45) is 2.03. The molecule has 1 aromatic carbocycles. The first-order valence-electron chi connectivity index (χ1n) is 6.80. The average Bonchev–Trinajstić information content (AvgIpc) is 2.39. The summed E-state index contributed by atoms with van der Waals surface area (Å²) in [4.78, 5) is 4.26. The zero-order valence-electron chi connectivity index (χ0n) is 13.2. The normalized spacial score (nSPS) is 11.2. The standard InChI is InChI=1S/C17H25N3/c1-12(2)9-17(19-6)14(4)20-16-8-7-15(11-18-5)13(3)10-16/h7-10,18,20H,4,11H2,1-3,5-6H3. The summed E-state index contributed by atoms with van der Waals surface area (Å²) in [6, 6.07) is 6.33. The second kappa shape index (κ2) is 7.65. The predicted molar refractivity (Wildman–Crippen MR) is 89.5 cm³/mol. The van der Waals surface area contributed by atoms with Gasteiger partial charge in [0.1, 0.15) is 0 Å². The smallest absolute Gasteiger partial charge is 0.0798 e. The largest absolute Gasteiger partial charge is 0.354 e. The summed E-state index contributed by atoms with van der Waals surface area (Å²) in [5.41, 5.74) is 6.49. The summed E-state index contributed by atoms with van der Waals surface area (Å²) in [7, 11) is 3.74. The van der Waals surface area contributed by atoms with Crippen molar-refractivity contribution >= 4 is 11.4 Å². The van der Waals surface area contributed by atoms with Crippen LogP contribution in [0.25, 0.3) is 0 Å². The summed E-state index contributed by atoms with van der Waals surface area (Å²) in [6.45, 7) is 11.2. The van der Waals surface area contributed by atoms with Gasteiger partial charge >= 0.3 is 0 Å². The third-order valence-corrected chi connectivity index (χ3v) is 2.98. The molecule has 0 atom stereocenters. The predicted octanol–water partition coefficient (Wildman–Crippen LogP) is 3.68. The molecule has 3 heteroatoms. The van der Waals surface area contributed by atoms with Gasteiger partial charge in [0.05, 0.1) is 11.4 Å². The molecule has 0 heterocycles. The van der Waals surface area contributed by atoms with Gasteiger partial charge in [-0.1, -0.05) is 18.2 Å². The van der Waals surface area contributed by atoms with Crippen molar-refractivity contribution in [2.75, 3.05) is 19.4 Å². The molecule has 0 fully saturated rings. The Hall–Kier alpha value is -1.87. The molecule has 0 aromatic heterocycles. The number of aliphatic imine (C=N–C) groups is 1. The zero-order chi connectivity index (χ0) is 15.1. The van der Waals surface area contributed by atoms with E-state index < -0.39 is 0 Å². The van der Waals surface area contributed by atoms with E-state index in [-0.39, 0.29) is 0 Å². The fourth-order valence-electron chi connectivity index (χ4n) is 1.96. The van der Waals surface area contributed by atoms with Crippen LogP contribution in [0.15, 0.2) is 47.1 Å². The molecule has 0 saturated heterocycles. The van der Waals surface area contributed by atoms with Crippen molar-refractivity contribution in [2.45, 2.75) is 27.3 Å². The molecule has 1 rings (SSSR count). The lowest BCUT2D eigenvalue weighted by Gasteiger charge is -2.12. The van der Waals surface area contributed by atoms with Crippen LogP contribution in [0, 0.1) is 6.92 Å². The highest BCUT2D eigenvalue weighted by molar-refractivity contribution is 6.10. The van der Waals surface area contributed by atoms with E-state index in [1.807, 2.05) is 13.1 Å². The van der Waals surface area contributed by atoms with Crippen molar-refractivity contribution in [2.24, 2.45) is 4.99 Å². The number of nitrogens with zero attached hydrogens (tertiary/aromatic N) is 1. The molecule has 0 amide bonds. The molecule has 3 nitrogen and oxygen atoms in total. The van der Waals surface area contributed by atoms with Crippen LogP contribution >= 0.6 is 0 Å². The van der Waals surface area contributed by atoms with Gasteiger partial charge in [-0.15, -0.1) is 0 Å². The lowest BCUT2D eigenvalue weighted by molar-refractivity contribution is 0.812. The highest BCUT2D eigenvalue weighted by Gasteiger charge is 2.04. The molecule has 0 aliphatic rings. The lowest BCUT2D eigenvalue weighted by Crippen LogP contribution is -2.10. The summed E-state index contributed by atoms with van der Waals surface area (Å²) in [5, 5.41) is 6.49. The molecule has 0 aliphatic carbocycles. The highest BCUT2D eigenvalue weighted by atomic mass is 14.9. The first-order valence-corrected chi connectivity index (χ1v) is 6.80. The van der Waals surface area contributed by atoms with Crippen molar-refractivity contribution < 1.29 is 0 Å². The Labute approximate surface area is 122 Å². The number of allylic oxidation sites excluding steroid dienone is 2. The number of nitrogens with one attached hydrogen (secondary N) is 2. The van der Waals surface area contributed by atoms with E-state index in [1.165, 1.54) is 16.7 Å². The van der Waals surface area contributed by atoms with Crippen LogP contribution in [0.4, 0.5) is 5.69 Å². The summed E-state index contributed by atoms with van der Waals surface area (Å²) < 4.78 is 0. The van der Waals surface area contributed by atoms with Crippen molar-refractivity contribution in [3.63, 3.8) is 0 Å². The molecule has 2 N–H and O–H groups in total. The lowest BCUT2D eigenvalue weighted by atomic mass is 10.1. The third-order valence-electron chi connectivity index (χ3n) is 2.98. The molecule has 0 saturated carbocycles. The van der Waals surface area contributed by atoms with Crippen LogP contribution in [-0.2, 0) is 6.54 Å². The summed E-state index contributed by atoms with van der Waals surface area (Å²) in [5.74, 6) is 0. The fraction of sp³-hybridized carbons (Fsp3) is 0.353. The Morgan fingerprint density at radius 2 is 2.05 bits per heavy atom. The maximum atomic E-state index is 4.26. The highest BCUT2D eigenvalue weighted by Crippen LogP contribution is 2.17. The number of benzene rings is 1. The Kier molecular flexibility index (Phi) is 6.19. The fourth-order valence-corrected chi connectivity index (χ4v) is 1.96. The monoisotopic (exact) mass is 271 g/mol. The number of aryl methyl sites for hydroxylation is 1. The molecule has 0 bridgehead atoms. The second-order valence-corrected chi connectivity index (χ2v) is 5.11. The van der Waals surface area contributed by atoms with Crippen LogP contribution in [0.3, 0.4) is 0 Å². The van der Waals surface area contributed by atoms with Gasteiger partial charge in [-0.3, -0.25) is 4.99 Å². The minimum absolute atomic E-state index is 0.814. The van der Waals surface area contributed by atoms with Crippen LogP contribution < -0.4 is 10.6 Å². The molecule has 0 aliphatic heterocycles. The van der Waals surface area contributed by atoms with Gasteiger partial charge < -0.3 is 10.6 Å². The van der Waals surface area contributed by atoms with E-state index in [0.717, 1.165) is 23.6 Å². The van der Waals surface area contributed by atoms with E-state index in [9.17, 15) is 0 Å². The van der Waals surface area contributed by atoms with Gasteiger partial charge in [0.2, 0.25) is 0 Å². The Morgan fingerprint density at radius 3 is 2.55 bits per heavy atom. The SMILES string of the molecule is C=C(Nc1ccc(CNC)c(C)c1)C(C=C(C)C)=NC. The molecular formula is C17H25N3. The van der Waals surface area contributed by atoms with Crippen LogP contribution in [0.1, 0.15) is 25.0 Å². The topological polar surface area (TPSA) is 36.4 Å². The first-order chi connectivity index (χ1) is 9.47. The van der Waals surface area contributed by atoms with Crippen molar-refractivity contribution in [1.29, 1.82) is 0 Å². The van der Waals surface area contributed by atoms with Gasteiger partial charge in [-0.2, -0.15) is 0 Å². The maximum Gasteiger partial charge on any atom is 0.0798 e. The van der Waals surface area contributed by atoms with Crippen LogP contribution in [0.5, 0.6) is 0 Å². The summed E-state index contributed by atoms with van der Waals surface area (Å²) >= 11 is 0. The number of hydrogen-bond acceptors (Lipinski definition) is 3. The third kappa shape index (κ3) is 4.67. The molecule has 0 spiro atoms. The minimum atomic E-state index is 0.814. The number of anilines is 1. The van der Waals surface area contributed by atoms with Crippen LogP contribution in [0.2, 0.25) is 0 Å². The minimum Gasteiger partial charge on any atom is -0.354 e. The second-order valence-electron chi connectivity index (χ2n) is 5.11. The van der Waals surface area contributed by atoms with E-state index in [0.29, 0.717) is 0 Å². The Morgan fingerprint density at radius 1 is 1.35 bits per heavy atom. The van der Waals surface area contributed by atoms with E-state index in [2.05, 4.69) is 61.2 Å². The quantitative estimate of drug-likeness (QED) is 0.774. The average molecular weight is 271 g/mol. The molecule has 0 unspecified atom stereocenters. The van der Waals surface area contributed by atoms with Gasteiger partial charge in [0.25, 0.3) is 0 Å². The number of hydrogen-bond donors (Lipinski definition) is 2. The maximum absolute atomic E-state index is 4.26. The van der Waals surface area contributed by atoms with Crippen LogP contribution in [-0.4, -0.2) is 19.8 Å². The van der Waals surface area contributed by atoms with E-state index in [4.69, 9.17) is 0 Å². The van der Waals surface area contributed by atoms with Gasteiger partial charge in [0.15, 0.2) is 0 Å². The van der Waals surface area contributed by atoms with Gasteiger partial charge in [-0.25, -0.2) is 0 Å². The first kappa shape index (κ1) is 16.2. The van der Waals surface area contributed by atoms with Crippen molar-refractivity contribution in [1.82, 2.24) is 5.32 Å². The van der Waals surface area contributed by atoms with Crippen molar-refractivity contribution in [3.8, 4) is 0 Å². The molecule has 20 heavy (non-hydrogen) atoms. The molecular weight excluding hydrogens is 246 g/mol. The molecule has 108 valence electrons.